The van der Waals surface area contributed by atoms with Gasteiger partial charge in [-0.25, -0.2) is 4.79 Å². The lowest BCUT2D eigenvalue weighted by Gasteiger charge is -2.29. The van der Waals surface area contributed by atoms with E-state index in [0.29, 0.717) is 22.7 Å². The molecule has 2 amide bonds. The number of fused-ring (bicyclic) bond motifs is 1. The zero-order valence-electron chi connectivity index (χ0n) is 14.1. The zero-order valence-corrected chi connectivity index (χ0v) is 15.7. The van der Waals surface area contributed by atoms with Crippen molar-refractivity contribution in [2.24, 2.45) is 0 Å². The van der Waals surface area contributed by atoms with Gasteiger partial charge in [0.15, 0.2) is 0 Å². The molecule has 2 aliphatic heterocycles. The Balaban J connectivity index is 1.85. The van der Waals surface area contributed by atoms with Crippen LogP contribution in [0.1, 0.15) is 40.6 Å². The number of nitrogens with zero attached hydrogens (tertiary/aromatic N) is 1. The van der Waals surface area contributed by atoms with Crippen LogP contribution in [-0.2, 0) is 14.3 Å². The highest BCUT2D eigenvalue weighted by Gasteiger charge is 2.53. The topological polar surface area (TPSA) is 75.7 Å². The third-order valence-electron chi connectivity index (χ3n) is 4.76. The molecule has 2 atom stereocenters. The predicted molar refractivity (Wildman–Crippen MR) is 94.5 cm³/mol. The van der Waals surface area contributed by atoms with Crippen LogP contribution in [0.2, 0.25) is 0 Å². The average molecular weight is 368 g/mol. The number of nitrogens with one attached hydrogen (secondary N) is 1. The van der Waals surface area contributed by atoms with Gasteiger partial charge in [0, 0.05) is 17.1 Å². The molecule has 24 heavy (non-hydrogen) atoms. The van der Waals surface area contributed by atoms with Crippen LogP contribution in [0.5, 0.6) is 0 Å². The third-order valence-corrected chi connectivity index (χ3v) is 7.39. The van der Waals surface area contributed by atoms with Gasteiger partial charge < -0.3 is 15.0 Å². The summed E-state index contributed by atoms with van der Waals surface area (Å²) >= 11 is 3.00. The van der Waals surface area contributed by atoms with Gasteiger partial charge in [0.25, 0.3) is 0 Å². The first-order valence-electron chi connectivity index (χ1n) is 7.74. The molecule has 0 spiro atoms. The number of hydrogen-bond acceptors (Lipinski definition) is 6. The zero-order chi connectivity index (χ0) is 17.6. The van der Waals surface area contributed by atoms with Crippen molar-refractivity contribution in [3.8, 4) is 0 Å². The number of anilines is 1. The molecule has 0 unspecified atom stereocenters. The van der Waals surface area contributed by atoms with E-state index >= 15 is 0 Å². The Morgan fingerprint density at radius 3 is 2.75 bits per heavy atom. The van der Waals surface area contributed by atoms with Crippen LogP contribution in [0.15, 0.2) is 0 Å². The summed E-state index contributed by atoms with van der Waals surface area (Å²) in [5, 5.41) is 3.34. The van der Waals surface area contributed by atoms with Crippen LogP contribution in [-0.4, -0.2) is 46.5 Å². The number of ether oxygens (including phenoxy) is 1. The normalized spacial score (nSPS) is 25.8. The minimum atomic E-state index is -0.497. The minimum Gasteiger partial charge on any atom is -0.465 e. The van der Waals surface area contributed by atoms with E-state index in [1.54, 1.807) is 16.7 Å². The van der Waals surface area contributed by atoms with Crippen LogP contribution in [0.25, 0.3) is 0 Å². The highest BCUT2D eigenvalue weighted by atomic mass is 32.2. The Kier molecular flexibility index (Phi) is 4.37. The molecule has 2 aliphatic rings. The van der Waals surface area contributed by atoms with E-state index < -0.39 is 12.0 Å². The van der Waals surface area contributed by atoms with Crippen LogP contribution < -0.4 is 5.32 Å². The second-order valence-electron chi connectivity index (χ2n) is 6.23. The summed E-state index contributed by atoms with van der Waals surface area (Å²) in [5.74, 6) is -0.109. The van der Waals surface area contributed by atoms with Crippen molar-refractivity contribution in [3.63, 3.8) is 0 Å². The largest absolute Gasteiger partial charge is 0.465 e. The van der Waals surface area contributed by atoms with Crippen molar-refractivity contribution in [2.75, 3.05) is 18.2 Å². The Hall–Kier alpha value is -1.54. The Labute approximate surface area is 148 Å². The number of thiophene rings is 1. The Bertz CT molecular complexity index is 730. The second kappa shape index (κ2) is 6.07. The Morgan fingerprint density at radius 2 is 2.08 bits per heavy atom. The number of aryl methyl sites for hydroxylation is 1. The molecule has 1 aromatic heterocycles. The second-order valence-corrected chi connectivity index (χ2v) is 8.96. The highest BCUT2D eigenvalue weighted by molar-refractivity contribution is 8.01. The molecule has 130 valence electrons. The van der Waals surface area contributed by atoms with Gasteiger partial charge in [-0.1, -0.05) is 0 Å². The summed E-state index contributed by atoms with van der Waals surface area (Å²) in [7, 11) is 1.32. The standard InChI is InChI=1S/C16H20N2O4S2/c1-8-9(2)24-14(12(8)15(21)22-4)17-13(20)10-7-23-16(3)6-5-11(19)18(10)16/h10H,5-7H2,1-4H3,(H,17,20)/t10-,16-/m1/s1. The molecule has 0 saturated carbocycles. The molecule has 3 rings (SSSR count). The number of methoxy groups -OCH3 is 1. The van der Waals surface area contributed by atoms with Gasteiger partial charge in [-0.05, 0) is 32.8 Å². The molecule has 0 bridgehead atoms. The SMILES string of the molecule is COC(=O)c1c(NC(=O)[C@H]2CS[C@]3(C)CCC(=O)N23)sc(C)c1C. The summed E-state index contributed by atoms with van der Waals surface area (Å²) in [6, 6.07) is -0.497. The van der Waals surface area contributed by atoms with Crippen LogP contribution >= 0.6 is 23.1 Å². The first-order chi connectivity index (χ1) is 11.3. The number of carbonyl (C=O) groups is 3. The summed E-state index contributed by atoms with van der Waals surface area (Å²) < 4.78 is 4.83. The summed E-state index contributed by atoms with van der Waals surface area (Å²) in [6.45, 7) is 5.74. The number of hydrogen-bond donors (Lipinski definition) is 1. The van der Waals surface area contributed by atoms with Crippen molar-refractivity contribution < 1.29 is 19.1 Å². The van der Waals surface area contributed by atoms with Crippen molar-refractivity contribution in [1.29, 1.82) is 0 Å². The van der Waals surface area contributed by atoms with E-state index in [4.69, 9.17) is 4.74 Å². The fourth-order valence-electron chi connectivity index (χ4n) is 3.27. The first kappa shape index (κ1) is 17.3. The fourth-order valence-corrected chi connectivity index (χ4v) is 5.76. The van der Waals surface area contributed by atoms with Crippen LogP contribution in [0, 0.1) is 13.8 Å². The average Bonchev–Trinajstić information content (AvgIpc) is 3.12. The van der Waals surface area contributed by atoms with Gasteiger partial charge >= 0.3 is 5.97 Å². The maximum atomic E-state index is 12.8. The van der Waals surface area contributed by atoms with Gasteiger partial charge in [-0.3, -0.25) is 9.59 Å². The Morgan fingerprint density at radius 1 is 1.38 bits per heavy atom. The number of carbonyl (C=O) groups excluding carboxylic acids is 3. The van der Waals surface area contributed by atoms with Crippen molar-refractivity contribution in [2.45, 2.75) is 44.5 Å². The van der Waals surface area contributed by atoms with E-state index in [-0.39, 0.29) is 16.7 Å². The van der Waals surface area contributed by atoms with Crippen molar-refractivity contribution in [3.05, 3.63) is 16.0 Å². The van der Waals surface area contributed by atoms with E-state index in [0.717, 1.165) is 16.9 Å². The molecule has 0 aliphatic carbocycles. The quantitative estimate of drug-likeness (QED) is 0.830. The molecule has 0 radical (unpaired) electrons. The monoisotopic (exact) mass is 368 g/mol. The molecule has 8 heteroatoms. The lowest BCUT2D eigenvalue weighted by molar-refractivity contribution is -0.135. The fraction of sp³-hybridized carbons (Fsp3) is 0.562. The lowest BCUT2D eigenvalue weighted by Crippen LogP contribution is -2.48. The van der Waals surface area contributed by atoms with E-state index in [9.17, 15) is 14.4 Å². The maximum Gasteiger partial charge on any atom is 0.341 e. The van der Waals surface area contributed by atoms with Crippen LogP contribution in [0.3, 0.4) is 0 Å². The first-order valence-corrected chi connectivity index (χ1v) is 9.54. The summed E-state index contributed by atoms with van der Waals surface area (Å²) in [4.78, 5) is 39.3. The van der Waals surface area contributed by atoms with Gasteiger partial charge in [0.1, 0.15) is 11.0 Å². The van der Waals surface area contributed by atoms with Crippen molar-refractivity contribution >= 4 is 45.9 Å². The van der Waals surface area contributed by atoms with Gasteiger partial charge in [-0.2, -0.15) is 0 Å². The van der Waals surface area contributed by atoms with E-state index in [1.807, 2.05) is 20.8 Å². The van der Waals surface area contributed by atoms with E-state index in [2.05, 4.69) is 5.32 Å². The molecule has 3 heterocycles. The predicted octanol–water partition coefficient (Wildman–Crippen LogP) is 2.54. The smallest absolute Gasteiger partial charge is 0.341 e. The molecule has 1 aromatic rings. The molecular weight excluding hydrogens is 348 g/mol. The number of esters is 1. The summed E-state index contributed by atoms with van der Waals surface area (Å²) in [5.41, 5.74) is 1.21. The molecule has 1 N–H and O–H groups in total. The molecule has 6 nitrogen and oxygen atoms in total. The molecular formula is C16H20N2O4S2. The highest BCUT2D eigenvalue weighted by Crippen LogP contribution is 2.47. The van der Waals surface area contributed by atoms with Gasteiger partial charge in [0.05, 0.1) is 17.5 Å². The van der Waals surface area contributed by atoms with Crippen molar-refractivity contribution in [1.82, 2.24) is 4.90 Å². The van der Waals surface area contributed by atoms with Gasteiger partial charge in [-0.15, -0.1) is 23.1 Å². The number of amides is 2. The molecule has 2 fully saturated rings. The van der Waals surface area contributed by atoms with E-state index in [1.165, 1.54) is 18.4 Å². The third kappa shape index (κ3) is 2.61. The van der Waals surface area contributed by atoms with Crippen LogP contribution in [0.4, 0.5) is 5.00 Å². The minimum absolute atomic E-state index is 0.0226. The molecule has 0 aromatic carbocycles. The molecule has 2 saturated heterocycles. The maximum absolute atomic E-state index is 12.8. The summed E-state index contributed by atoms with van der Waals surface area (Å²) in [6.07, 6.45) is 1.25. The number of thioether (sulfide) groups is 1. The number of rotatable bonds is 3. The lowest BCUT2D eigenvalue weighted by atomic mass is 10.1. The van der Waals surface area contributed by atoms with Gasteiger partial charge in [0.2, 0.25) is 11.8 Å².